The van der Waals surface area contributed by atoms with Gasteiger partial charge in [-0.2, -0.15) is 0 Å². The minimum Gasteiger partial charge on any atom is -0.462 e. The van der Waals surface area contributed by atoms with Crippen LogP contribution in [0.15, 0.2) is 47.4 Å². The molecule has 148 valence electrons. The molecule has 1 amide bonds. The summed E-state index contributed by atoms with van der Waals surface area (Å²) in [7, 11) is -3.80. The molecule has 1 N–H and O–H groups in total. The summed E-state index contributed by atoms with van der Waals surface area (Å²) in [4.78, 5) is 25.3. The highest BCUT2D eigenvalue weighted by molar-refractivity contribution is 7.92. The predicted molar refractivity (Wildman–Crippen MR) is 106 cm³/mol. The molecular formula is C20H22N2O5S. The summed E-state index contributed by atoms with van der Waals surface area (Å²) in [6, 6.07) is 10.8. The SMILES string of the molecule is CCOC(=O)c1ccc(NS(=O)(=O)c2ccc3c(c2)C[C@@H](C)N3C(C)=O)cc1. The average molecular weight is 402 g/mol. The molecule has 0 bridgehead atoms. The van der Waals surface area contributed by atoms with Crippen LogP contribution in [0, 0.1) is 0 Å². The van der Waals surface area contributed by atoms with Crippen molar-refractivity contribution in [1.82, 2.24) is 0 Å². The van der Waals surface area contributed by atoms with E-state index in [2.05, 4.69) is 4.72 Å². The number of nitrogens with zero attached hydrogens (tertiary/aromatic N) is 1. The summed E-state index contributed by atoms with van der Waals surface area (Å²) in [6.07, 6.45) is 0.604. The normalized spacial score (nSPS) is 15.8. The van der Waals surface area contributed by atoms with Gasteiger partial charge in [-0.1, -0.05) is 0 Å². The van der Waals surface area contributed by atoms with E-state index in [0.717, 1.165) is 11.3 Å². The highest BCUT2D eigenvalue weighted by Gasteiger charge is 2.30. The first kappa shape index (κ1) is 19.9. The van der Waals surface area contributed by atoms with Gasteiger partial charge in [0.15, 0.2) is 0 Å². The molecule has 0 radical (unpaired) electrons. The number of benzene rings is 2. The standard InChI is InChI=1S/C20H22N2O5S/c1-4-27-20(24)15-5-7-17(8-6-15)21-28(25,26)18-9-10-19-16(12-18)11-13(2)22(19)14(3)23/h5-10,12-13,21H,4,11H2,1-3H3/t13-/m1/s1. The third kappa shape index (κ3) is 3.87. The zero-order chi connectivity index (χ0) is 20.5. The fourth-order valence-electron chi connectivity index (χ4n) is 3.36. The molecule has 1 heterocycles. The van der Waals surface area contributed by atoms with E-state index >= 15 is 0 Å². The molecule has 2 aromatic carbocycles. The van der Waals surface area contributed by atoms with Gasteiger partial charge in [0.2, 0.25) is 5.91 Å². The lowest BCUT2D eigenvalue weighted by Crippen LogP contribution is -2.33. The number of sulfonamides is 1. The Kier molecular flexibility index (Phi) is 5.42. The van der Waals surface area contributed by atoms with Crippen molar-refractivity contribution in [3.63, 3.8) is 0 Å². The zero-order valence-corrected chi connectivity index (χ0v) is 16.7. The molecule has 0 aliphatic carbocycles. The second-order valence-electron chi connectivity index (χ2n) is 6.64. The minimum atomic E-state index is -3.80. The monoisotopic (exact) mass is 402 g/mol. The van der Waals surface area contributed by atoms with Crippen molar-refractivity contribution >= 4 is 33.3 Å². The van der Waals surface area contributed by atoms with Crippen molar-refractivity contribution in [2.24, 2.45) is 0 Å². The molecule has 8 heteroatoms. The van der Waals surface area contributed by atoms with Gasteiger partial charge in [0, 0.05) is 24.3 Å². The molecule has 0 spiro atoms. The van der Waals surface area contributed by atoms with Crippen LogP contribution >= 0.6 is 0 Å². The van der Waals surface area contributed by atoms with Crippen LogP contribution in [-0.2, 0) is 26.0 Å². The first-order valence-corrected chi connectivity index (χ1v) is 10.4. The van der Waals surface area contributed by atoms with Crippen molar-refractivity contribution in [2.75, 3.05) is 16.2 Å². The third-order valence-electron chi connectivity index (χ3n) is 4.56. The Hall–Kier alpha value is -2.87. The van der Waals surface area contributed by atoms with Gasteiger partial charge in [-0.3, -0.25) is 9.52 Å². The average Bonchev–Trinajstić information content (AvgIpc) is 2.97. The van der Waals surface area contributed by atoms with Crippen molar-refractivity contribution in [2.45, 2.75) is 38.1 Å². The van der Waals surface area contributed by atoms with E-state index in [9.17, 15) is 18.0 Å². The Bertz CT molecular complexity index is 1020. The van der Waals surface area contributed by atoms with E-state index in [4.69, 9.17) is 4.74 Å². The summed E-state index contributed by atoms with van der Waals surface area (Å²) < 4.78 is 32.9. The predicted octanol–water partition coefficient (Wildman–Crippen LogP) is 2.96. The Labute approximate surface area is 164 Å². The number of carbonyl (C=O) groups is 2. The first-order chi connectivity index (χ1) is 13.2. The lowest BCUT2D eigenvalue weighted by Gasteiger charge is -2.20. The third-order valence-corrected chi connectivity index (χ3v) is 5.94. The molecule has 1 aliphatic rings. The molecule has 0 saturated carbocycles. The van der Waals surface area contributed by atoms with E-state index < -0.39 is 16.0 Å². The van der Waals surface area contributed by atoms with Crippen LogP contribution in [0.2, 0.25) is 0 Å². The Morgan fingerprint density at radius 2 is 1.86 bits per heavy atom. The molecule has 0 unspecified atom stereocenters. The lowest BCUT2D eigenvalue weighted by molar-refractivity contribution is -0.116. The van der Waals surface area contributed by atoms with Gasteiger partial charge >= 0.3 is 5.97 Å². The molecule has 1 aliphatic heterocycles. The van der Waals surface area contributed by atoms with Crippen LogP contribution in [0.25, 0.3) is 0 Å². The minimum absolute atomic E-state index is 0.00571. The molecule has 2 aromatic rings. The number of amides is 1. The van der Waals surface area contributed by atoms with Crippen LogP contribution in [0.3, 0.4) is 0 Å². The van der Waals surface area contributed by atoms with Gasteiger partial charge < -0.3 is 9.64 Å². The van der Waals surface area contributed by atoms with Gasteiger partial charge in [-0.25, -0.2) is 13.2 Å². The Morgan fingerprint density at radius 3 is 2.46 bits per heavy atom. The lowest BCUT2D eigenvalue weighted by atomic mass is 10.1. The van der Waals surface area contributed by atoms with Crippen LogP contribution in [0.4, 0.5) is 11.4 Å². The number of hydrogen-bond acceptors (Lipinski definition) is 5. The molecule has 3 rings (SSSR count). The topological polar surface area (TPSA) is 92.8 Å². The summed E-state index contributed by atoms with van der Waals surface area (Å²) in [5.41, 5.74) is 2.26. The summed E-state index contributed by atoms with van der Waals surface area (Å²) in [5, 5.41) is 0. The Morgan fingerprint density at radius 1 is 1.18 bits per heavy atom. The van der Waals surface area contributed by atoms with Crippen molar-refractivity contribution in [3.8, 4) is 0 Å². The smallest absolute Gasteiger partial charge is 0.338 e. The summed E-state index contributed by atoms with van der Waals surface area (Å²) in [6.45, 7) is 5.41. The van der Waals surface area contributed by atoms with Crippen LogP contribution in [0.5, 0.6) is 0 Å². The molecule has 28 heavy (non-hydrogen) atoms. The quantitative estimate of drug-likeness (QED) is 0.776. The van der Waals surface area contributed by atoms with E-state index in [1.54, 1.807) is 24.0 Å². The highest BCUT2D eigenvalue weighted by Crippen LogP contribution is 2.34. The molecule has 0 aromatic heterocycles. The van der Waals surface area contributed by atoms with E-state index in [0.29, 0.717) is 17.7 Å². The maximum Gasteiger partial charge on any atom is 0.338 e. The second-order valence-corrected chi connectivity index (χ2v) is 8.32. The summed E-state index contributed by atoms with van der Waals surface area (Å²) >= 11 is 0. The zero-order valence-electron chi connectivity index (χ0n) is 15.9. The molecule has 0 fully saturated rings. The number of hydrogen-bond donors (Lipinski definition) is 1. The summed E-state index contributed by atoms with van der Waals surface area (Å²) in [5.74, 6) is -0.527. The van der Waals surface area contributed by atoms with Gasteiger partial charge in [0.05, 0.1) is 17.1 Å². The number of fused-ring (bicyclic) bond motifs is 1. The maximum atomic E-state index is 12.7. The molecular weight excluding hydrogens is 380 g/mol. The van der Waals surface area contributed by atoms with E-state index in [1.807, 2.05) is 6.92 Å². The van der Waals surface area contributed by atoms with Crippen molar-refractivity contribution in [1.29, 1.82) is 0 Å². The Balaban J connectivity index is 1.82. The van der Waals surface area contributed by atoms with Gasteiger partial charge in [-0.05, 0) is 68.3 Å². The second kappa shape index (κ2) is 7.63. The van der Waals surface area contributed by atoms with E-state index in [1.165, 1.54) is 37.3 Å². The van der Waals surface area contributed by atoms with Crippen LogP contribution in [0.1, 0.15) is 36.7 Å². The fourth-order valence-corrected chi connectivity index (χ4v) is 4.47. The molecule has 7 nitrogen and oxygen atoms in total. The van der Waals surface area contributed by atoms with Gasteiger partial charge in [0.25, 0.3) is 10.0 Å². The highest BCUT2D eigenvalue weighted by atomic mass is 32.2. The van der Waals surface area contributed by atoms with Gasteiger partial charge in [0.1, 0.15) is 0 Å². The largest absolute Gasteiger partial charge is 0.462 e. The first-order valence-electron chi connectivity index (χ1n) is 8.95. The number of nitrogens with one attached hydrogen (secondary N) is 1. The fraction of sp³-hybridized carbons (Fsp3) is 0.300. The molecule has 0 saturated heterocycles. The number of esters is 1. The number of rotatable bonds is 5. The van der Waals surface area contributed by atoms with E-state index in [-0.39, 0.29) is 23.5 Å². The molecule has 1 atom stereocenters. The van der Waals surface area contributed by atoms with Crippen molar-refractivity contribution in [3.05, 3.63) is 53.6 Å². The number of anilines is 2. The van der Waals surface area contributed by atoms with Crippen molar-refractivity contribution < 1.29 is 22.7 Å². The number of ether oxygens (including phenoxy) is 1. The van der Waals surface area contributed by atoms with Crippen LogP contribution in [-0.4, -0.2) is 32.9 Å². The van der Waals surface area contributed by atoms with Gasteiger partial charge in [-0.15, -0.1) is 0 Å². The van der Waals surface area contributed by atoms with Crippen LogP contribution < -0.4 is 9.62 Å². The number of carbonyl (C=O) groups excluding carboxylic acids is 2. The maximum absolute atomic E-state index is 12.7.